The van der Waals surface area contributed by atoms with Gasteiger partial charge >= 0.3 is 0 Å². The lowest BCUT2D eigenvalue weighted by Crippen LogP contribution is -2.44. The maximum atomic E-state index is 12.4. The van der Waals surface area contributed by atoms with Crippen LogP contribution in [0, 0.1) is 25.7 Å². The molecular formula is C23H37N3O2. The molecule has 5 nitrogen and oxygen atoms in total. The van der Waals surface area contributed by atoms with Gasteiger partial charge in [0, 0.05) is 25.2 Å². The molecule has 1 aliphatic carbocycles. The molecule has 0 spiro atoms. The second kappa shape index (κ2) is 10.4. The number of carbonyl (C=O) groups is 1. The number of hydrogen-bond acceptors (Lipinski definition) is 4. The number of carbonyl (C=O) groups excluding carboxylic acids is 1. The van der Waals surface area contributed by atoms with E-state index in [0.717, 1.165) is 75.1 Å². The largest absolute Gasteiger partial charge is 0.378 e. The van der Waals surface area contributed by atoms with Gasteiger partial charge in [0.15, 0.2) is 0 Å². The van der Waals surface area contributed by atoms with Crippen molar-refractivity contribution in [1.82, 2.24) is 15.5 Å². The Morgan fingerprint density at radius 1 is 1.11 bits per heavy atom. The molecule has 2 aliphatic rings. The fourth-order valence-corrected chi connectivity index (χ4v) is 4.67. The molecule has 2 fully saturated rings. The summed E-state index contributed by atoms with van der Waals surface area (Å²) in [5.74, 6) is 1.05. The summed E-state index contributed by atoms with van der Waals surface area (Å²) in [5, 5.41) is 16.6. The molecule has 1 saturated heterocycles. The summed E-state index contributed by atoms with van der Waals surface area (Å²) in [6.45, 7) is 8.81. The quantitative estimate of drug-likeness (QED) is 0.600. The maximum Gasteiger partial charge on any atom is 0.251 e. The molecule has 156 valence electrons. The Morgan fingerprint density at radius 3 is 2.39 bits per heavy atom. The van der Waals surface area contributed by atoms with Gasteiger partial charge in [-0.05, 0) is 76.6 Å². The third kappa shape index (κ3) is 6.29. The minimum Gasteiger partial charge on any atom is -0.378 e. The zero-order valence-electron chi connectivity index (χ0n) is 17.5. The number of aliphatic hydroxyl groups excluding tert-OH is 1. The van der Waals surface area contributed by atoms with E-state index in [0.29, 0.717) is 11.8 Å². The van der Waals surface area contributed by atoms with E-state index >= 15 is 0 Å². The van der Waals surface area contributed by atoms with E-state index in [9.17, 15) is 9.90 Å². The summed E-state index contributed by atoms with van der Waals surface area (Å²) in [4.78, 5) is 14.9. The summed E-state index contributed by atoms with van der Waals surface area (Å²) in [7, 11) is 0. The van der Waals surface area contributed by atoms with Crippen LogP contribution in [0.15, 0.2) is 18.2 Å². The summed E-state index contributed by atoms with van der Waals surface area (Å²) in [5.41, 5.74) is 3.03. The van der Waals surface area contributed by atoms with Crippen molar-refractivity contribution in [2.45, 2.75) is 58.6 Å². The van der Waals surface area contributed by atoms with E-state index in [1.807, 2.05) is 26.0 Å². The van der Waals surface area contributed by atoms with Crippen molar-refractivity contribution in [3.8, 4) is 0 Å². The second-order valence-corrected chi connectivity index (χ2v) is 8.81. The molecule has 0 radical (unpaired) electrons. The minimum atomic E-state index is -0.333. The van der Waals surface area contributed by atoms with Crippen molar-refractivity contribution in [2.75, 3.05) is 32.7 Å². The lowest BCUT2D eigenvalue weighted by molar-refractivity contribution is 0.0719. The highest BCUT2D eigenvalue weighted by molar-refractivity contribution is 5.94. The molecule has 0 aromatic heterocycles. The lowest BCUT2D eigenvalue weighted by atomic mass is 9.96. The predicted octanol–water partition coefficient (Wildman–Crippen LogP) is 2.84. The highest BCUT2D eigenvalue weighted by Crippen LogP contribution is 2.26. The molecule has 1 aliphatic heterocycles. The number of amides is 1. The second-order valence-electron chi connectivity index (χ2n) is 8.81. The molecule has 1 heterocycles. The van der Waals surface area contributed by atoms with Crippen molar-refractivity contribution in [2.24, 2.45) is 11.8 Å². The Labute approximate surface area is 169 Å². The molecule has 1 saturated carbocycles. The van der Waals surface area contributed by atoms with Crippen LogP contribution in [0.2, 0.25) is 0 Å². The Kier molecular flexibility index (Phi) is 7.89. The predicted molar refractivity (Wildman–Crippen MR) is 113 cm³/mol. The van der Waals surface area contributed by atoms with Gasteiger partial charge < -0.3 is 15.3 Å². The topological polar surface area (TPSA) is 64.6 Å². The number of piperidine rings is 1. The van der Waals surface area contributed by atoms with Crippen LogP contribution in [0.25, 0.3) is 0 Å². The van der Waals surface area contributed by atoms with Crippen molar-refractivity contribution < 1.29 is 9.90 Å². The standard InChI is InChI=1S/C23H37N3O2/c1-17-13-18(2)15-21(14-17)23(28)25-16-19-7-10-26(11-8-19)12-9-24-22(27)20-5-3-4-6-20/h13-15,19-20,22,24,27H,3-12,16H2,1-2H3,(H,25,28). The number of nitrogens with one attached hydrogen (secondary N) is 2. The fourth-order valence-electron chi connectivity index (χ4n) is 4.67. The van der Waals surface area contributed by atoms with Crippen LogP contribution < -0.4 is 10.6 Å². The van der Waals surface area contributed by atoms with Crippen LogP contribution in [0.5, 0.6) is 0 Å². The van der Waals surface area contributed by atoms with Gasteiger partial charge in [-0.15, -0.1) is 0 Å². The van der Waals surface area contributed by atoms with Gasteiger partial charge in [0.2, 0.25) is 0 Å². The third-order valence-corrected chi connectivity index (χ3v) is 6.37. The molecule has 3 rings (SSSR count). The summed E-state index contributed by atoms with van der Waals surface area (Å²) < 4.78 is 0. The van der Waals surface area contributed by atoms with E-state index in [-0.39, 0.29) is 12.1 Å². The molecule has 1 aromatic rings. The smallest absolute Gasteiger partial charge is 0.251 e. The van der Waals surface area contributed by atoms with Crippen LogP contribution in [0.3, 0.4) is 0 Å². The zero-order chi connectivity index (χ0) is 19.9. The average molecular weight is 388 g/mol. The van der Waals surface area contributed by atoms with E-state index < -0.39 is 0 Å². The molecular weight excluding hydrogens is 350 g/mol. The molecule has 0 bridgehead atoms. The van der Waals surface area contributed by atoms with Crippen LogP contribution in [0.4, 0.5) is 0 Å². The van der Waals surface area contributed by atoms with Crippen LogP contribution >= 0.6 is 0 Å². The first-order valence-corrected chi connectivity index (χ1v) is 11.0. The Hall–Kier alpha value is -1.43. The molecule has 3 N–H and O–H groups in total. The maximum absolute atomic E-state index is 12.4. The van der Waals surface area contributed by atoms with Crippen LogP contribution in [-0.4, -0.2) is 54.9 Å². The highest BCUT2D eigenvalue weighted by atomic mass is 16.3. The first-order chi connectivity index (χ1) is 13.5. The van der Waals surface area contributed by atoms with Gasteiger partial charge in [-0.1, -0.05) is 30.0 Å². The molecule has 5 heteroatoms. The molecule has 1 unspecified atom stereocenters. The van der Waals surface area contributed by atoms with Gasteiger partial charge in [0.05, 0.1) is 0 Å². The summed E-state index contributed by atoms with van der Waals surface area (Å²) in [6, 6.07) is 6.00. The first-order valence-electron chi connectivity index (χ1n) is 11.0. The minimum absolute atomic E-state index is 0.0410. The van der Waals surface area contributed by atoms with Crippen LogP contribution in [0.1, 0.15) is 60.0 Å². The highest BCUT2D eigenvalue weighted by Gasteiger charge is 2.23. The van der Waals surface area contributed by atoms with Gasteiger partial charge in [-0.3, -0.25) is 10.1 Å². The summed E-state index contributed by atoms with van der Waals surface area (Å²) >= 11 is 0. The van der Waals surface area contributed by atoms with Crippen molar-refractivity contribution in [3.05, 3.63) is 34.9 Å². The van der Waals surface area contributed by atoms with Gasteiger partial charge in [0.25, 0.3) is 5.91 Å². The average Bonchev–Trinajstić information content (AvgIpc) is 3.21. The number of rotatable bonds is 8. The van der Waals surface area contributed by atoms with E-state index in [1.54, 1.807) is 0 Å². The van der Waals surface area contributed by atoms with E-state index in [2.05, 4.69) is 21.6 Å². The first kappa shape index (κ1) is 21.3. The Bertz CT molecular complexity index is 614. The number of likely N-dealkylation sites (tertiary alicyclic amines) is 1. The van der Waals surface area contributed by atoms with Crippen LogP contribution in [-0.2, 0) is 0 Å². The summed E-state index contributed by atoms with van der Waals surface area (Å²) in [6.07, 6.45) is 6.76. The van der Waals surface area contributed by atoms with Gasteiger partial charge in [0.1, 0.15) is 6.23 Å². The lowest BCUT2D eigenvalue weighted by Gasteiger charge is -2.32. The number of aliphatic hydroxyl groups is 1. The number of hydrogen-bond donors (Lipinski definition) is 3. The number of benzene rings is 1. The van der Waals surface area contributed by atoms with E-state index in [4.69, 9.17) is 0 Å². The zero-order valence-corrected chi connectivity index (χ0v) is 17.5. The SMILES string of the molecule is Cc1cc(C)cc(C(=O)NCC2CCN(CCNC(O)C3CCCC3)CC2)c1. The number of nitrogens with zero attached hydrogens (tertiary/aromatic N) is 1. The van der Waals surface area contributed by atoms with Crippen molar-refractivity contribution >= 4 is 5.91 Å². The normalized spacial score (nSPS) is 20.4. The number of aryl methyl sites for hydroxylation is 2. The molecule has 28 heavy (non-hydrogen) atoms. The Morgan fingerprint density at radius 2 is 1.75 bits per heavy atom. The molecule has 1 amide bonds. The third-order valence-electron chi connectivity index (χ3n) is 6.37. The van der Waals surface area contributed by atoms with Crippen molar-refractivity contribution in [1.29, 1.82) is 0 Å². The molecule has 1 aromatic carbocycles. The Balaban J connectivity index is 1.31. The van der Waals surface area contributed by atoms with E-state index in [1.165, 1.54) is 12.8 Å². The monoisotopic (exact) mass is 387 g/mol. The van der Waals surface area contributed by atoms with Crippen molar-refractivity contribution in [3.63, 3.8) is 0 Å². The van der Waals surface area contributed by atoms with Gasteiger partial charge in [-0.25, -0.2) is 0 Å². The fraction of sp³-hybridized carbons (Fsp3) is 0.696. The van der Waals surface area contributed by atoms with Gasteiger partial charge in [-0.2, -0.15) is 0 Å². The molecule has 1 atom stereocenters.